The van der Waals surface area contributed by atoms with E-state index in [0.717, 1.165) is 31.4 Å². The minimum absolute atomic E-state index is 0.262. The van der Waals surface area contributed by atoms with Crippen molar-refractivity contribution in [3.63, 3.8) is 0 Å². The van der Waals surface area contributed by atoms with Crippen molar-refractivity contribution in [2.24, 2.45) is 0 Å². The molecule has 3 nitrogen and oxygen atoms in total. The molecule has 0 heterocycles. The van der Waals surface area contributed by atoms with Crippen molar-refractivity contribution in [1.29, 1.82) is 0 Å². The van der Waals surface area contributed by atoms with Gasteiger partial charge in [0.05, 0.1) is 6.61 Å². The van der Waals surface area contributed by atoms with Gasteiger partial charge in [-0.1, -0.05) is 24.3 Å². The zero-order valence-corrected chi connectivity index (χ0v) is 12.0. The highest BCUT2D eigenvalue weighted by molar-refractivity contribution is 5.35. The molecule has 0 amide bonds. The lowest BCUT2D eigenvalue weighted by Crippen LogP contribution is -2.44. The van der Waals surface area contributed by atoms with Crippen molar-refractivity contribution in [1.82, 2.24) is 5.32 Å². The van der Waals surface area contributed by atoms with E-state index in [0.29, 0.717) is 13.2 Å². The Hall–Kier alpha value is -0.900. The summed E-state index contributed by atoms with van der Waals surface area (Å²) < 4.78 is 5.39. The first-order valence-corrected chi connectivity index (χ1v) is 7.27. The number of aryl methyl sites for hydroxylation is 1. The molecule has 2 rings (SSSR count). The molecule has 106 valence electrons. The molecule has 2 unspecified atom stereocenters. The molecule has 0 bridgehead atoms. The normalized spacial score (nSPS) is 23.9. The molecular weight excluding hydrogens is 238 g/mol. The number of rotatable bonds is 6. The van der Waals surface area contributed by atoms with Gasteiger partial charge in [0.25, 0.3) is 0 Å². The Bertz CT molecular complexity index is 407. The number of benzene rings is 1. The van der Waals surface area contributed by atoms with E-state index in [1.807, 2.05) is 13.0 Å². The number of aliphatic hydroxyl groups is 1. The molecule has 2 N–H and O–H groups in total. The Labute approximate surface area is 116 Å². The minimum atomic E-state index is -0.727. The van der Waals surface area contributed by atoms with Crippen molar-refractivity contribution >= 4 is 0 Å². The highest BCUT2D eigenvalue weighted by Crippen LogP contribution is 2.34. The second kappa shape index (κ2) is 6.51. The third-order valence-electron chi connectivity index (χ3n) is 3.87. The predicted molar refractivity (Wildman–Crippen MR) is 77.2 cm³/mol. The lowest BCUT2D eigenvalue weighted by molar-refractivity contribution is 0.0133. The largest absolute Gasteiger partial charge is 0.384 e. The molecular formula is C16H25NO2. The summed E-state index contributed by atoms with van der Waals surface area (Å²) >= 11 is 0. The maximum atomic E-state index is 10.9. The van der Waals surface area contributed by atoms with E-state index in [9.17, 15) is 5.11 Å². The first-order valence-electron chi connectivity index (χ1n) is 7.27. The van der Waals surface area contributed by atoms with Crippen LogP contribution in [0.15, 0.2) is 24.3 Å². The van der Waals surface area contributed by atoms with Gasteiger partial charge in [-0.2, -0.15) is 0 Å². The predicted octanol–water partition coefficient (Wildman–Crippen LogP) is 2.23. The van der Waals surface area contributed by atoms with Gasteiger partial charge in [-0.15, -0.1) is 0 Å². The molecule has 0 aliphatic heterocycles. The minimum Gasteiger partial charge on any atom is -0.384 e. The summed E-state index contributed by atoms with van der Waals surface area (Å²) in [7, 11) is 0. The summed E-state index contributed by atoms with van der Waals surface area (Å²) in [5.41, 5.74) is 1.66. The van der Waals surface area contributed by atoms with Crippen LogP contribution in [-0.4, -0.2) is 30.9 Å². The molecule has 19 heavy (non-hydrogen) atoms. The van der Waals surface area contributed by atoms with Gasteiger partial charge in [-0.25, -0.2) is 0 Å². The van der Waals surface area contributed by atoms with Crippen molar-refractivity contribution < 1.29 is 9.84 Å². The van der Waals surface area contributed by atoms with Crippen LogP contribution in [0.2, 0.25) is 0 Å². The van der Waals surface area contributed by atoms with Crippen molar-refractivity contribution in [3.05, 3.63) is 35.4 Å². The summed E-state index contributed by atoms with van der Waals surface area (Å²) in [6.45, 7) is 6.11. The quantitative estimate of drug-likeness (QED) is 0.827. The fraction of sp³-hybridized carbons (Fsp3) is 0.625. The van der Waals surface area contributed by atoms with Gasteiger partial charge in [0, 0.05) is 19.2 Å². The molecule has 0 radical (unpaired) electrons. The maximum Gasteiger partial charge on any atom is 0.102 e. The molecule has 0 fully saturated rings. The topological polar surface area (TPSA) is 41.5 Å². The molecule has 0 saturated heterocycles. The lowest BCUT2D eigenvalue weighted by Gasteiger charge is -2.35. The molecule has 1 aliphatic rings. The summed E-state index contributed by atoms with van der Waals surface area (Å²) in [6, 6.07) is 8.51. The number of hydrogen-bond acceptors (Lipinski definition) is 3. The van der Waals surface area contributed by atoms with Crippen molar-refractivity contribution in [2.45, 2.75) is 44.8 Å². The zero-order chi connectivity index (χ0) is 13.7. The highest BCUT2D eigenvalue weighted by atomic mass is 16.5. The Balaban J connectivity index is 1.99. The van der Waals surface area contributed by atoms with Crippen LogP contribution >= 0.6 is 0 Å². The SMILES string of the molecule is CCOCC(C)NCC1(O)CCCc2ccccc21. The average molecular weight is 263 g/mol. The third kappa shape index (κ3) is 3.56. The Kier molecular flexibility index (Phi) is 4.97. The Morgan fingerprint density at radius 3 is 3.00 bits per heavy atom. The summed E-state index contributed by atoms with van der Waals surface area (Å²) in [5, 5.41) is 14.3. The molecule has 3 heteroatoms. The first kappa shape index (κ1) is 14.5. The van der Waals surface area contributed by atoms with Crippen LogP contribution in [0.5, 0.6) is 0 Å². The van der Waals surface area contributed by atoms with Gasteiger partial charge in [-0.05, 0) is 44.2 Å². The highest BCUT2D eigenvalue weighted by Gasteiger charge is 2.33. The monoisotopic (exact) mass is 263 g/mol. The molecule has 0 saturated carbocycles. The van der Waals surface area contributed by atoms with Crippen LogP contribution in [0.1, 0.15) is 37.8 Å². The summed E-state index contributed by atoms with van der Waals surface area (Å²) in [6.07, 6.45) is 2.96. The van der Waals surface area contributed by atoms with Crippen molar-refractivity contribution in [3.8, 4) is 0 Å². The zero-order valence-electron chi connectivity index (χ0n) is 12.0. The van der Waals surface area contributed by atoms with E-state index in [-0.39, 0.29) is 6.04 Å². The van der Waals surface area contributed by atoms with E-state index < -0.39 is 5.60 Å². The second-order valence-electron chi connectivity index (χ2n) is 5.48. The first-order chi connectivity index (χ1) is 9.15. The van der Waals surface area contributed by atoms with Crippen LogP contribution in [0.3, 0.4) is 0 Å². The van der Waals surface area contributed by atoms with Gasteiger partial charge < -0.3 is 15.2 Å². The van der Waals surface area contributed by atoms with Crippen molar-refractivity contribution in [2.75, 3.05) is 19.8 Å². The standard InChI is InChI=1S/C16H25NO2/c1-3-19-11-13(2)17-12-16(18)10-6-8-14-7-4-5-9-15(14)16/h4-5,7,9,13,17-18H,3,6,8,10-12H2,1-2H3. The molecule has 1 aromatic rings. The van der Waals surface area contributed by atoms with Crippen LogP contribution in [0, 0.1) is 0 Å². The molecule has 0 aromatic heterocycles. The lowest BCUT2D eigenvalue weighted by atomic mass is 9.79. The van der Waals surface area contributed by atoms with E-state index >= 15 is 0 Å². The fourth-order valence-corrected chi connectivity index (χ4v) is 2.78. The third-order valence-corrected chi connectivity index (χ3v) is 3.87. The number of nitrogens with one attached hydrogen (secondary N) is 1. The van der Waals surface area contributed by atoms with Crippen LogP contribution < -0.4 is 5.32 Å². The van der Waals surface area contributed by atoms with E-state index in [4.69, 9.17) is 4.74 Å². The fourth-order valence-electron chi connectivity index (χ4n) is 2.78. The Morgan fingerprint density at radius 2 is 2.21 bits per heavy atom. The molecule has 1 aromatic carbocycles. The summed E-state index contributed by atoms with van der Waals surface area (Å²) in [4.78, 5) is 0. The Morgan fingerprint density at radius 1 is 1.42 bits per heavy atom. The van der Waals surface area contributed by atoms with E-state index in [2.05, 4.69) is 30.4 Å². The van der Waals surface area contributed by atoms with E-state index in [1.54, 1.807) is 0 Å². The number of ether oxygens (including phenoxy) is 1. The van der Waals surface area contributed by atoms with E-state index in [1.165, 1.54) is 5.56 Å². The van der Waals surface area contributed by atoms with Gasteiger partial charge in [0.2, 0.25) is 0 Å². The van der Waals surface area contributed by atoms with Gasteiger partial charge >= 0.3 is 0 Å². The van der Waals surface area contributed by atoms with Crippen LogP contribution in [0.25, 0.3) is 0 Å². The maximum absolute atomic E-state index is 10.9. The van der Waals surface area contributed by atoms with Crippen LogP contribution in [-0.2, 0) is 16.8 Å². The summed E-state index contributed by atoms with van der Waals surface area (Å²) in [5.74, 6) is 0. The average Bonchev–Trinajstić information content (AvgIpc) is 2.44. The molecule has 2 atom stereocenters. The molecule has 0 spiro atoms. The van der Waals surface area contributed by atoms with Gasteiger partial charge in [-0.3, -0.25) is 0 Å². The smallest absolute Gasteiger partial charge is 0.102 e. The second-order valence-corrected chi connectivity index (χ2v) is 5.48. The van der Waals surface area contributed by atoms with Gasteiger partial charge in [0.15, 0.2) is 0 Å². The van der Waals surface area contributed by atoms with Gasteiger partial charge in [0.1, 0.15) is 5.60 Å². The number of hydrogen-bond donors (Lipinski definition) is 2. The number of fused-ring (bicyclic) bond motifs is 1. The molecule has 1 aliphatic carbocycles. The van der Waals surface area contributed by atoms with Crippen LogP contribution in [0.4, 0.5) is 0 Å².